The first-order chi connectivity index (χ1) is 4.25. The van der Waals surface area contributed by atoms with E-state index < -0.39 is 0 Å². The summed E-state index contributed by atoms with van der Waals surface area (Å²) in [5.41, 5.74) is 0. The second kappa shape index (κ2) is 2.35. The Morgan fingerprint density at radius 3 is 2.67 bits per heavy atom. The van der Waals surface area contributed by atoms with E-state index >= 15 is 0 Å². The summed E-state index contributed by atoms with van der Waals surface area (Å²) in [6.45, 7) is 4.25. The highest BCUT2D eigenvalue weighted by Gasteiger charge is 2.22. The van der Waals surface area contributed by atoms with E-state index in [0.717, 1.165) is 6.42 Å². The van der Waals surface area contributed by atoms with E-state index in [0.29, 0.717) is 12.0 Å². The minimum atomic E-state index is 0.421. The molecule has 2 unspecified atom stereocenters. The number of hydrogen-bond donors (Lipinski definition) is 1. The fourth-order valence-electron chi connectivity index (χ4n) is 1.17. The Labute approximate surface area is 55.5 Å². The average Bonchev–Trinajstić information content (AvgIpc) is 2.12. The number of hydrazine groups is 1. The molecule has 0 saturated carbocycles. The van der Waals surface area contributed by atoms with Gasteiger partial charge in [-0.2, -0.15) is 5.10 Å². The molecule has 0 aromatic heterocycles. The fourth-order valence-corrected chi connectivity index (χ4v) is 1.17. The molecule has 1 aliphatic rings. The molecule has 3 nitrogen and oxygen atoms in total. The Morgan fingerprint density at radius 1 is 1.78 bits per heavy atom. The largest absolute Gasteiger partial charge is 0.231 e. The van der Waals surface area contributed by atoms with E-state index in [-0.39, 0.29) is 0 Å². The molecule has 0 aliphatic carbocycles. The van der Waals surface area contributed by atoms with Gasteiger partial charge in [-0.25, -0.2) is 11.0 Å². The van der Waals surface area contributed by atoms with Crippen LogP contribution in [-0.2, 0) is 0 Å². The maximum Gasteiger partial charge on any atom is 0.0712 e. The smallest absolute Gasteiger partial charge is 0.0712 e. The summed E-state index contributed by atoms with van der Waals surface area (Å²) in [5, 5.41) is 5.50. The lowest BCUT2D eigenvalue weighted by Crippen LogP contribution is -2.35. The fraction of sp³-hybridized carbons (Fsp3) is 0.833. The van der Waals surface area contributed by atoms with E-state index in [1.165, 1.54) is 0 Å². The number of hydrazone groups is 1. The summed E-state index contributed by atoms with van der Waals surface area (Å²) in [6.07, 6.45) is 2.96. The monoisotopic (exact) mass is 127 g/mol. The van der Waals surface area contributed by atoms with Gasteiger partial charge in [-0.1, -0.05) is 13.8 Å². The third-order valence-corrected chi connectivity index (χ3v) is 1.80. The highest BCUT2D eigenvalue weighted by molar-refractivity contribution is 5.62. The molecule has 0 saturated heterocycles. The molecule has 0 spiro atoms. The normalized spacial score (nSPS) is 33.9. The molecular weight excluding hydrogens is 114 g/mol. The van der Waals surface area contributed by atoms with E-state index in [4.69, 9.17) is 5.84 Å². The molecule has 2 N–H and O–H groups in total. The summed E-state index contributed by atoms with van der Waals surface area (Å²) in [7, 11) is 0. The Bertz CT molecular complexity index is 109. The minimum Gasteiger partial charge on any atom is -0.231 e. The van der Waals surface area contributed by atoms with Crippen LogP contribution in [0.2, 0.25) is 0 Å². The maximum absolute atomic E-state index is 5.52. The zero-order valence-corrected chi connectivity index (χ0v) is 5.91. The van der Waals surface area contributed by atoms with Crippen molar-refractivity contribution in [2.45, 2.75) is 26.3 Å². The first-order valence-corrected chi connectivity index (χ1v) is 3.33. The van der Waals surface area contributed by atoms with Gasteiger partial charge in [-0.05, 0) is 6.42 Å². The van der Waals surface area contributed by atoms with Crippen molar-refractivity contribution in [1.29, 1.82) is 0 Å². The summed E-state index contributed by atoms with van der Waals surface area (Å²) in [4.78, 5) is 0. The predicted molar refractivity (Wildman–Crippen MR) is 37.8 cm³/mol. The first-order valence-electron chi connectivity index (χ1n) is 3.33. The second-order valence-electron chi connectivity index (χ2n) is 2.48. The van der Waals surface area contributed by atoms with Crippen LogP contribution >= 0.6 is 0 Å². The minimum absolute atomic E-state index is 0.421. The van der Waals surface area contributed by atoms with Gasteiger partial charge in [0.25, 0.3) is 0 Å². The standard InChI is InChI=1S/C6H13N3/c1-3-6-5(2)4-8-9(6)7/h4-6H,3,7H2,1-2H3. The summed E-state index contributed by atoms with van der Waals surface area (Å²) < 4.78 is 0. The van der Waals surface area contributed by atoms with Gasteiger partial charge in [0.05, 0.1) is 6.04 Å². The van der Waals surface area contributed by atoms with E-state index in [2.05, 4.69) is 18.9 Å². The molecule has 2 atom stereocenters. The number of nitrogens with zero attached hydrogens (tertiary/aromatic N) is 2. The molecule has 1 rings (SSSR count). The third-order valence-electron chi connectivity index (χ3n) is 1.80. The van der Waals surface area contributed by atoms with E-state index in [1.54, 1.807) is 5.12 Å². The number of rotatable bonds is 1. The van der Waals surface area contributed by atoms with Crippen molar-refractivity contribution in [3.05, 3.63) is 0 Å². The molecule has 3 heteroatoms. The van der Waals surface area contributed by atoms with Gasteiger partial charge in [-0.15, -0.1) is 0 Å². The van der Waals surface area contributed by atoms with Crippen LogP contribution in [0.25, 0.3) is 0 Å². The van der Waals surface area contributed by atoms with Crippen LogP contribution in [0, 0.1) is 5.92 Å². The summed E-state index contributed by atoms with van der Waals surface area (Å²) in [5.74, 6) is 6.03. The quantitative estimate of drug-likeness (QED) is 0.523. The predicted octanol–water partition coefficient (Wildman–Crippen LogP) is 0.576. The van der Waals surface area contributed by atoms with E-state index in [1.807, 2.05) is 6.21 Å². The molecule has 9 heavy (non-hydrogen) atoms. The Kier molecular flexibility index (Phi) is 1.71. The highest BCUT2D eigenvalue weighted by Crippen LogP contribution is 2.15. The zero-order valence-electron chi connectivity index (χ0n) is 5.91. The van der Waals surface area contributed by atoms with Crippen molar-refractivity contribution in [3.63, 3.8) is 0 Å². The molecule has 0 aromatic rings. The van der Waals surface area contributed by atoms with Crippen molar-refractivity contribution >= 4 is 6.21 Å². The molecule has 52 valence electrons. The van der Waals surface area contributed by atoms with Crippen molar-refractivity contribution in [2.75, 3.05) is 0 Å². The highest BCUT2D eigenvalue weighted by atomic mass is 15.6. The lowest BCUT2D eigenvalue weighted by Gasteiger charge is -2.19. The van der Waals surface area contributed by atoms with Gasteiger partial charge in [0, 0.05) is 12.1 Å². The number of nitrogens with two attached hydrogens (primary N) is 1. The van der Waals surface area contributed by atoms with Gasteiger partial charge in [0.2, 0.25) is 0 Å². The first kappa shape index (κ1) is 6.55. The van der Waals surface area contributed by atoms with Crippen LogP contribution in [0.4, 0.5) is 0 Å². The molecule has 1 heterocycles. The lowest BCUT2D eigenvalue weighted by molar-refractivity contribution is 0.205. The van der Waals surface area contributed by atoms with Crippen LogP contribution in [-0.4, -0.2) is 17.4 Å². The van der Waals surface area contributed by atoms with Crippen LogP contribution in [0.1, 0.15) is 20.3 Å². The van der Waals surface area contributed by atoms with Crippen LogP contribution in [0.3, 0.4) is 0 Å². The maximum atomic E-state index is 5.52. The van der Waals surface area contributed by atoms with Gasteiger partial charge >= 0.3 is 0 Å². The SMILES string of the molecule is CCC1C(C)C=NN1N. The molecule has 0 radical (unpaired) electrons. The molecule has 0 fully saturated rings. The van der Waals surface area contributed by atoms with E-state index in [9.17, 15) is 0 Å². The van der Waals surface area contributed by atoms with Crippen LogP contribution in [0.5, 0.6) is 0 Å². The van der Waals surface area contributed by atoms with Crippen molar-refractivity contribution < 1.29 is 0 Å². The van der Waals surface area contributed by atoms with Gasteiger partial charge in [-0.3, -0.25) is 0 Å². The van der Waals surface area contributed by atoms with Crippen molar-refractivity contribution in [1.82, 2.24) is 5.12 Å². The Hall–Kier alpha value is -0.570. The second-order valence-corrected chi connectivity index (χ2v) is 2.48. The third kappa shape index (κ3) is 1.05. The van der Waals surface area contributed by atoms with Crippen LogP contribution in [0.15, 0.2) is 5.10 Å². The lowest BCUT2D eigenvalue weighted by atomic mass is 10.0. The van der Waals surface area contributed by atoms with Gasteiger partial charge in [0.15, 0.2) is 0 Å². The molecule has 1 aliphatic heterocycles. The summed E-state index contributed by atoms with van der Waals surface area (Å²) in [6, 6.07) is 0.421. The van der Waals surface area contributed by atoms with Gasteiger partial charge in [0.1, 0.15) is 0 Å². The Balaban J connectivity index is 2.53. The topological polar surface area (TPSA) is 41.6 Å². The molecule has 0 amide bonds. The summed E-state index contributed by atoms with van der Waals surface area (Å²) >= 11 is 0. The van der Waals surface area contributed by atoms with Gasteiger partial charge < -0.3 is 0 Å². The Morgan fingerprint density at radius 2 is 2.44 bits per heavy atom. The molecule has 0 aromatic carbocycles. The van der Waals surface area contributed by atoms with Crippen molar-refractivity contribution in [2.24, 2.45) is 16.9 Å². The average molecular weight is 127 g/mol. The number of hydrogen-bond acceptors (Lipinski definition) is 3. The molecular formula is C6H13N3. The van der Waals surface area contributed by atoms with Crippen molar-refractivity contribution in [3.8, 4) is 0 Å². The zero-order chi connectivity index (χ0) is 6.85. The van der Waals surface area contributed by atoms with Crippen LogP contribution < -0.4 is 5.84 Å². The molecule has 0 bridgehead atoms.